The van der Waals surface area contributed by atoms with E-state index in [1.807, 2.05) is 0 Å². The normalized spacial score (nSPS) is 18.9. The van der Waals surface area contributed by atoms with Crippen molar-refractivity contribution in [1.29, 1.82) is 0 Å². The van der Waals surface area contributed by atoms with Gasteiger partial charge in [-0.15, -0.1) is 0 Å². The minimum atomic E-state index is 0.331. The third-order valence-corrected chi connectivity index (χ3v) is 2.23. The molecule has 13 heavy (non-hydrogen) atoms. The van der Waals surface area contributed by atoms with Gasteiger partial charge in [-0.2, -0.15) is 0 Å². The van der Waals surface area contributed by atoms with E-state index in [9.17, 15) is 0 Å². The molecule has 0 aromatic rings. The maximum atomic E-state index is 5.64. The van der Waals surface area contributed by atoms with Crippen molar-refractivity contribution in [3.63, 3.8) is 0 Å². The van der Waals surface area contributed by atoms with Crippen molar-refractivity contribution in [2.45, 2.75) is 25.9 Å². The molecular formula is C10H21NO2. The van der Waals surface area contributed by atoms with Crippen LogP contribution in [-0.4, -0.2) is 39.5 Å². The van der Waals surface area contributed by atoms with Crippen molar-refractivity contribution in [2.24, 2.45) is 5.92 Å². The predicted octanol–water partition coefficient (Wildman–Crippen LogP) is 1.04. The highest BCUT2D eigenvalue weighted by atomic mass is 16.5. The van der Waals surface area contributed by atoms with Crippen LogP contribution in [0.2, 0.25) is 0 Å². The number of hydrogen-bond acceptors (Lipinski definition) is 3. The van der Waals surface area contributed by atoms with Crippen LogP contribution in [0.3, 0.4) is 0 Å². The lowest BCUT2D eigenvalue weighted by molar-refractivity contribution is 0.0571. The molecule has 0 saturated heterocycles. The molecular weight excluding hydrogens is 166 g/mol. The van der Waals surface area contributed by atoms with E-state index in [1.165, 1.54) is 12.8 Å². The number of rotatable bonds is 8. The first-order valence-corrected chi connectivity index (χ1v) is 5.14. The molecule has 3 nitrogen and oxygen atoms in total. The Morgan fingerprint density at radius 2 is 2.23 bits per heavy atom. The van der Waals surface area contributed by atoms with Gasteiger partial charge in [-0.05, 0) is 25.7 Å². The largest absolute Gasteiger partial charge is 0.383 e. The van der Waals surface area contributed by atoms with Gasteiger partial charge in [0, 0.05) is 26.8 Å². The standard InChI is InChI=1S/C10H21NO2/c1-9(7-11-5-6-12-2)13-8-10-3-4-10/h9-11H,3-8H2,1-2H3. The van der Waals surface area contributed by atoms with Gasteiger partial charge < -0.3 is 14.8 Å². The predicted molar refractivity (Wildman–Crippen MR) is 52.9 cm³/mol. The molecule has 0 aliphatic heterocycles. The number of ether oxygens (including phenoxy) is 2. The van der Waals surface area contributed by atoms with Gasteiger partial charge in [0.15, 0.2) is 0 Å². The molecule has 1 saturated carbocycles. The van der Waals surface area contributed by atoms with Gasteiger partial charge in [-0.3, -0.25) is 0 Å². The maximum Gasteiger partial charge on any atom is 0.0671 e. The summed E-state index contributed by atoms with van der Waals surface area (Å²) >= 11 is 0. The van der Waals surface area contributed by atoms with Crippen LogP contribution in [0.5, 0.6) is 0 Å². The highest BCUT2D eigenvalue weighted by Crippen LogP contribution is 2.29. The third-order valence-electron chi connectivity index (χ3n) is 2.23. The lowest BCUT2D eigenvalue weighted by Gasteiger charge is -2.13. The van der Waals surface area contributed by atoms with E-state index in [2.05, 4.69) is 12.2 Å². The molecule has 0 radical (unpaired) electrons. The number of methoxy groups -OCH3 is 1. The molecule has 1 N–H and O–H groups in total. The van der Waals surface area contributed by atoms with E-state index in [0.717, 1.165) is 32.2 Å². The molecule has 3 heteroatoms. The lowest BCUT2D eigenvalue weighted by atomic mass is 10.4. The zero-order valence-electron chi connectivity index (χ0n) is 8.71. The third kappa shape index (κ3) is 6.02. The summed E-state index contributed by atoms with van der Waals surface area (Å²) in [6, 6.07) is 0. The van der Waals surface area contributed by atoms with Crippen molar-refractivity contribution < 1.29 is 9.47 Å². The second-order valence-corrected chi connectivity index (χ2v) is 3.78. The monoisotopic (exact) mass is 187 g/mol. The minimum absolute atomic E-state index is 0.331. The van der Waals surface area contributed by atoms with Gasteiger partial charge in [0.25, 0.3) is 0 Å². The number of hydrogen-bond donors (Lipinski definition) is 1. The molecule has 0 heterocycles. The Balaban J connectivity index is 1.81. The van der Waals surface area contributed by atoms with Gasteiger partial charge in [-0.1, -0.05) is 0 Å². The van der Waals surface area contributed by atoms with Crippen LogP contribution in [0.1, 0.15) is 19.8 Å². The van der Waals surface area contributed by atoms with E-state index in [1.54, 1.807) is 7.11 Å². The van der Waals surface area contributed by atoms with Gasteiger partial charge in [0.2, 0.25) is 0 Å². The van der Waals surface area contributed by atoms with E-state index in [-0.39, 0.29) is 0 Å². The molecule has 1 fully saturated rings. The summed E-state index contributed by atoms with van der Waals surface area (Å²) in [4.78, 5) is 0. The summed E-state index contributed by atoms with van der Waals surface area (Å²) in [5.41, 5.74) is 0. The quantitative estimate of drug-likeness (QED) is 0.576. The van der Waals surface area contributed by atoms with Gasteiger partial charge in [0.1, 0.15) is 0 Å². The van der Waals surface area contributed by atoms with Gasteiger partial charge in [0.05, 0.1) is 12.7 Å². The molecule has 78 valence electrons. The first kappa shape index (κ1) is 11.0. The summed E-state index contributed by atoms with van der Waals surface area (Å²) in [5.74, 6) is 0.862. The molecule has 0 bridgehead atoms. The smallest absolute Gasteiger partial charge is 0.0671 e. The fourth-order valence-corrected chi connectivity index (χ4v) is 1.12. The van der Waals surface area contributed by atoms with Crippen molar-refractivity contribution in [3.8, 4) is 0 Å². The van der Waals surface area contributed by atoms with Crippen LogP contribution in [-0.2, 0) is 9.47 Å². The molecule has 0 aromatic carbocycles. The molecule has 1 aliphatic rings. The average molecular weight is 187 g/mol. The molecule has 1 unspecified atom stereocenters. The van der Waals surface area contributed by atoms with Crippen molar-refractivity contribution in [2.75, 3.05) is 33.4 Å². The van der Waals surface area contributed by atoms with Crippen LogP contribution < -0.4 is 5.32 Å². The Bertz CT molecular complexity index is 126. The second-order valence-electron chi connectivity index (χ2n) is 3.78. The van der Waals surface area contributed by atoms with Crippen molar-refractivity contribution in [3.05, 3.63) is 0 Å². The van der Waals surface area contributed by atoms with E-state index >= 15 is 0 Å². The highest BCUT2D eigenvalue weighted by Gasteiger charge is 2.21. The summed E-state index contributed by atoms with van der Waals surface area (Å²) in [6.45, 7) is 5.67. The summed E-state index contributed by atoms with van der Waals surface area (Å²) < 4.78 is 10.6. The van der Waals surface area contributed by atoms with Gasteiger partial charge >= 0.3 is 0 Å². The minimum Gasteiger partial charge on any atom is -0.383 e. The molecule has 0 spiro atoms. The molecule has 1 aliphatic carbocycles. The van der Waals surface area contributed by atoms with Crippen LogP contribution in [0.25, 0.3) is 0 Å². The van der Waals surface area contributed by atoms with Crippen LogP contribution in [0, 0.1) is 5.92 Å². The van der Waals surface area contributed by atoms with Crippen LogP contribution in [0.4, 0.5) is 0 Å². The average Bonchev–Trinajstić information content (AvgIpc) is 2.92. The fraction of sp³-hybridized carbons (Fsp3) is 1.00. The summed E-state index contributed by atoms with van der Waals surface area (Å²) in [6.07, 6.45) is 3.06. The molecule has 1 atom stereocenters. The lowest BCUT2D eigenvalue weighted by Crippen LogP contribution is -2.29. The fourth-order valence-electron chi connectivity index (χ4n) is 1.12. The zero-order valence-corrected chi connectivity index (χ0v) is 8.71. The molecule has 0 amide bonds. The van der Waals surface area contributed by atoms with E-state index < -0.39 is 0 Å². The Morgan fingerprint density at radius 3 is 2.85 bits per heavy atom. The van der Waals surface area contributed by atoms with Crippen molar-refractivity contribution in [1.82, 2.24) is 5.32 Å². The summed E-state index contributed by atoms with van der Waals surface area (Å²) in [7, 11) is 1.72. The molecule has 1 rings (SSSR count). The molecule has 0 aromatic heterocycles. The number of nitrogens with one attached hydrogen (secondary N) is 1. The zero-order chi connectivity index (χ0) is 9.52. The first-order valence-electron chi connectivity index (χ1n) is 5.14. The van der Waals surface area contributed by atoms with Gasteiger partial charge in [-0.25, -0.2) is 0 Å². The maximum absolute atomic E-state index is 5.64. The summed E-state index contributed by atoms with van der Waals surface area (Å²) in [5, 5.41) is 3.28. The van der Waals surface area contributed by atoms with Crippen molar-refractivity contribution >= 4 is 0 Å². The van der Waals surface area contributed by atoms with Crippen LogP contribution >= 0.6 is 0 Å². The second kappa shape index (κ2) is 6.35. The Labute approximate surface area is 80.8 Å². The first-order chi connectivity index (χ1) is 6.33. The Hall–Kier alpha value is -0.120. The van der Waals surface area contributed by atoms with Crippen LogP contribution in [0.15, 0.2) is 0 Å². The van der Waals surface area contributed by atoms with E-state index in [4.69, 9.17) is 9.47 Å². The highest BCUT2D eigenvalue weighted by molar-refractivity contribution is 4.72. The Morgan fingerprint density at radius 1 is 1.46 bits per heavy atom. The Kier molecular flexibility index (Phi) is 5.35. The van der Waals surface area contributed by atoms with E-state index in [0.29, 0.717) is 6.10 Å². The topological polar surface area (TPSA) is 30.5 Å². The SMILES string of the molecule is COCCNCC(C)OCC1CC1.